The molecule has 1 unspecified atom stereocenters. The van der Waals surface area contributed by atoms with Crippen LogP contribution in [0.25, 0.3) is 0 Å². The van der Waals surface area contributed by atoms with Crippen LogP contribution < -0.4 is 11.1 Å². The van der Waals surface area contributed by atoms with E-state index in [9.17, 15) is 13.2 Å². The Morgan fingerprint density at radius 1 is 1.50 bits per heavy atom. The number of nitrogens with two attached hydrogens (primary N) is 1. The fraction of sp³-hybridized carbons (Fsp3) is 0.308. The van der Waals surface area contributed by atoms with E-state index in [4.69, 9.17) is 17.3 Å². The molecule has 0 aromatic heterocycles. The molecule has 0 aliphatic rings. The molecule has 7 heteroatoms. The zero-order valence-electron chi connectivity index (χ0n) is 11.1. The minimum Gasteiger partial charge on any atom is -0.324 e. The highest BCUT2D eigenvalue weighted by Gasteiger charge is 2.24. The van der Waals surface area contributed by atoms with Gasteiger partial charge in [-0.15, -0.1) is 0 Å². The van der Waals surface area contributed by atoms with Crippen LogP contribution in [0.5, 0.6) is 0 Å². The van der Waals surface area contributed by atoms with Crippen molar-refractivity contribution in [2.45, 2.75) is 12.2 Å². The van der Waals surface area contributed by atoms with Gasteiger partial charge in [-0.2, -0.15) is 0 Å². The lowest BCUT2D eigenvalue weighted by molar-refractivity contribution is -0.115. The maximum atomic E-state index is 11.9. The normalized spacial score (nSPS) is 12.2. The van der Waals surface area contributed by atoms with Crippen molar-refractivity contribution in [3.05, 3.63) is 28.8 Å². The Bertz CT molecular complexity index is 675. The van der Waals surface area contributed by atoms with Crippen LogP contribution in [0.3, 0.4) is 0 Å². The van der Waals surface area contributed by atoms with E-state index in [1.807, 2.05) is 0 Å². The van der Waals surface area contributed by atoms with Crippen LogP contribution in [0, 0.1) is 11.8 Å². The van der Waals surface area contributed by atoms with E-state index >= 15 is 0 Å². The second-order valence-electron chi connectivity index (χ2n) is 4.16. The first-order chi connectivity index (χ1) is 9.25. The van der Waals surface area contributed by atoms with Gasteiger partial charge < -0.3 is 11.1 Å². The molecule has 1 atom stereocenters. The maximum absolute atomic E-state index is 11.9. The van der Waals surface area contributed by atoms with Crippen molar-refractivity contribution in [1.29, 1.82) is 0 Å². The van der Waals surface area contributed by atoms with E-state index in [1.165, 1.54) is 6.92 Å². The highest BCUT2D eigenvalue weighted by atomic mass is 35.5. The van der Waals surface area contributed by atoms with Gasteiger partial charge in [0.25, 0.3) is 0 Å². The molecule has 0 heterocycles. The number of carbonyl (C=O) groups excluding carboxylic acids is 1. The molecule has 0 radical (unpaired) electrons. The molecule has 0 spiro atoms. The molecular weight excluding hydrogens is 300 g/mol. The number of hydrogen-bond acceptors (Lipinski definition) is 4. The Morgan fingerprint density at radius 2 is 2.15 bits per heavy atom. The predicted molar refractivity (Wildman–Crippen MR) is 80.3 cm³/mol. The van der Waals surface area contributed by atoms with Crippen molar-refractivity contribution in [2.24, 2.45) is 5.73 Å². The Hall–Kier alpha value is -1.55. The minimum absolute atomic E-state index is 0.166. The molecule has 1 amide bonds. The molecule has 20 heavy (non-hydrogen) atoms. The summed E-state index contributed by atoms with van der Waals surface area (Å²) in [4.78, 5) is 11.9. The molecule has 0 aliphatic carbocycles. The van der Waals surface area contributed by atoms with E-state index in [0.29, 0.717) is 16.3 Å². The molecule has 0 saturated heterocycles. The summed E-state index contributed by atoms with van der Waals surface area (Å²) in [5, 5.41) is 1.85. The third kappa shape index (κ3) is 4.53. The number of benzene rings is 1. The van der Waals surface area contributed by atoms with Gasteiger partial charge >= 0.3 is 0 Å². The van der Waals surface area contributed by atoms with Crippen molar-refractivity contribution < 1.29 is 13.2 Å². The first-order valence-electron chi connectivity index (χ1n) is 5.74. The van der Waals surface area contributed by atoms with E-state index < -0.39 is 21.0 Å². The smallest absolute Gasteiger partial charge is 0.242 e. The lowest BCUT2D eigenvalue weighted by atomic mass is 10.1. The van der Waals surface area contributed by atoms with Gasteiger partial charge in [-0.05, 0) is 25.1 Å². The van der Waals surface area contributed by atoms with Crippen molar-refractivity contribution in [3.63, 3.8) is 0 Å². The molecule has 0 bridgehead atoms. The summed E-state index contributed by atoms with van der Waals surface area (Å²) >= 11 is 5.86. The Balaban J connectivity index is 3.06. The standard InChI is InChI=1S/C13H15ClN2O3S/c1-9(20(2,18)19)13(17)16-12-6-5-11(14)8-10(12)4-3-7-15/h5-6,8-9H,7,15H2,1-2H3,(H,16,17). The van der Waals surface area contributed by atoms with Crippen molar-refractivity contribution in [2.75, 3.05) is 18.1 Å². The average Bonchev–Trinajstić information content (AvgIpc) is 2.36. The highest BCUT2D eigenvalue weighted by molar-refractivity contribution is 7.92. The number of rotatable bonds is 3. The maximum Gasteiger partial charge on any atom is 0.242 e. The number of carbonyl (C=O) groups is 1. The summed E-state index contributed by atoms with van der Waals surface area (Å²) in [6.07, 6.45) is 1.01. The van der Waals surface area contributed by atoms with E-state index in [-0.39, 0.29) is 6.54 Å². The average molecular weight is 315 g/mol. The zero-order chi connectivity index (χ0) is 15.3. The second-order valence-corrected chi connectivity index (χ2v) is 6.96. The fourth-order valence-corrected chi connectivity index (χ4v) is 1.92. The Morgan fingerprint density at radius 3 is 2.70 bits per heavy atom. The van der Waals surface area contributed by atoms with Gasteiger partial charge in [0.15, 0.2) is 9.84 Å². The van der Waals surface area contributed by atoms with Gasteiger partial charge in [-0.1, -0.05) is 23.4 Å². The van der Waals surface area contributed by atoms with E-state index in [0.717, 1.165) is 6.26 Å². The summed E-state index contributed by atoms with van der Waals surface area (Å²) in [5.74, 6) is 4.81. The second kappa shape index (κ2) is 6.75. The number of nitrogens with one attached hydrogen (secondary N) is 1. The van der Waals surface area contributed by atoms with Crippen LogP contribution in [0.4, 0.5) is 5.69 Å². The molecule has 1 aromatic rings. The SMILES string of the molecule is CC(C(=O)Nc1ccc(Cl)cc1C#CCN)S(C)(=O)=O. The van der Waals surface area contributed by atoms with Crippen LogP contribution in [-0.2, 0) is 14.6 Å². The van der Waals surface area contributed by atoms with Crippen LogP contribution >= 0.6 is 11.6 Å². The molecule has 1 rings (SSSR count). The van der Waals surface area contributed by atoms with Crippen LogP contribution in [0.15, 0.2) is 18.2 Å². The third-order valence-electron chi connectivity index (χ3n) is 2.58. The lowest BCUT2D eigenvalue weighted by Crippen LogP contribution is -2.32. The fourth-order valence-electron chi connectivity index (χ4n) is 1.30. The van der Waals surface area contributed by atoms with Crippen molar-refractivity contribution >= 4 is 33.0 Å². The third-order valence-corrected chi connectivity index (χ3v) is 4.31. The van der Waals surface area contributed by atoms with Gasteiger partial charge in [0.05, 0.1) is 12.2 Å². The Kier molecular flexibility index (Phi) is 5.57. The number of anilines is 1. The quantitative estimate of drug-likeness (QED) is 0.815. The minimum atomic E-state index is -3.45. The molecule has 1 aromatic carbocycles. The number of amides is 1. The lowest BCUT2D eigenvalue weighted by Gasteiger charge is -2.12. The van der Waals surface area contributed by atoms with Crippen molar-refractivity contribution in [1.82, 2.24) is 0 Å². The molecule has 5 nitrogen and oxygen atoms in total. The van der Waals surface area contributed by atoms with E-state index in [2.05, 4.69) is 17.2 Å². The summed E-state index contributed by atoms with van der Waals surface area (Å²) in [7, 11) is -3.45. The monoisotopic (exact) mass is 314 g/mol. The van der Waals surface area contributed by atoms with Crippen molar-refractivity contribution in [3.8, 4) is 11.8 Å². The van der Waals surface area contributed by atoms with Gasteiger partial charge in [0.1, 0.15) is 5.25 Å². The van der Waals surface area contributed by atoms with Gasteiger partial charge in [0.2, 0.25) is 5.91 Å². The molecule has 0 aliphatic heterocycles. The first kappa shape index (κ1) is 16.5. The molecule has 0 saturated carbocycles. The summed E-state index contributed by atoms with van der Waals surface area (Å²) in [5.41, 5.74) is 6.18. The topological polar surface area (TPSA) is 89.3 Å². The van der Waals surface area contributed by atoms with Gasteiger partial charge in [-0.25, -0.2) is 8.42 Å². The highest BCUT2D eigenvalue weighted by Crippen LogP contribution is 2.20. The van der Waals surface area contributed by atoms with Crippen LogP contribution in [0.2, 0.25) is 5.02 Å². The van der Waals surface area contributed by atoms with Crippen LogP contribution in [-0.4, -0.2) is 32.4 Å². The molecule has 3 N–H and O–H groups in total. The number of sulfone groups is 1. The predicted octanol–water partition coefficient (Wildman–Crippen LogP) is 1.02. The molecule has 0 fully saturated rings. The largest absolute Gasteiger partial charge is 0.324 e. The first-order valence-corrected chi connectivity index (χ1v) is 8.07. The summed E-state index contributed by atoms with van der Waals surface area (Å²) in [6.45, 7) is 1.49. The van der Waals surface area contributed by atoms with Gasteiger partial charge in [0, 0.05) is 16.8 Å². The molecule has 108 valence electrons. The zero-order valence-corrected chi connectivity index (χ0v) is 12.7. The summed E-state index contributed by atoms with van der Waals surface area (Å²) < 4.78 is 22.7. The number of hydrogen-bond donors (Lipinski definition) is 2. The molecular formula is C13H15ClN2O3S. The van der Waals surface area contributed by atoms with E-state index in [1.54, 1.807) is 18.2 Å². The Labute approximate surface area is 123 Å². The van der Waals surface area contributed by atoms with Gasteiger partial charge in [-0.3, -0.25) is 4.79 Å². The summed E-state index contributed by atoms with van der Waals surface area (Å²) in [6, 6.07) is 4.72. The number of halogens is 1. The van der Waals surface area contributed by atoms with Crippen LogP contribution in [0.1, 0.15) is 12.5 Å².